The maximum absolute atomic E-state index is 14.0. The second-order valence-electron chi connectivity index (χ2n) is 9.24. The second-order valence-corrected chi connectivity index (χ2v) is 9.24. The summed E-state index contributed by atoms with van der Waals surface area (Å²) in [6.45, 7) is 5.63. The van der Waals surface area contributed by atoms with Gasteiger partial charge in [0, 0.05) is 24.7 Å². The number of aryl methyl sites for hydroxylation is 1. The largest absolute Gasteiger partial charge is 0.376 e. The van der Waals surface area contributed by atoms with Crippen LogP contribution in [0.4, 0.5) is 10.1 Å². The average molecular weight is 444 g/mol. The number of carbonyl (C=O) groups excluding carboxylic acids is 3. The van der Waals surface area contributed by atoms with Gasteiger partial charge in [0.25, 0.3) is 0 Å². The lowest BCUT2D eigenvalue weighted by molar-refractivity contribution is -0.130. The van der Waals surface area contributed by atoms with Crippen molar-refractivity contribution >= 4 is 23.2 Å². The second kappa shape index (κ2) is 12.3. The van der Waals surface area contributed by atoms with Gasteiger partial charge in [-0.3, -0.25) is 14.4 Å². The number of benzene rings is 1. The van der Waals surface area contributed by atoms with Crippen LogP contribution in [0.15, 0.2) is 18.2 Å². The summed E-state index contributed by atoms with van der Waals surface area (Å²) < 4.78 is 14.0. The molecule has 0 unspecified atom stereocenters. The molecule has 32 heavy (non-hydrogen) atoms. The SMILES string of the molecule is Cc1ccc(NCC(=O)C[C@@H](CC(C)C)C(=O)N[C@H](C#N)C[C@@H]2CCCCC2=O)c(F)c1. The van der Waals surface area contributed by atoms with Crippen LogP contribution in [-0.4, -0.2) is 30.1 Å². The van der Waals surface area contributed by atoms with Crippen LogP contribution in [0, 0.1) is 41.8 Å². The third-order valence-corrected chi connectivity index (χ3v) is 5.88. The van der Waals surface area contributed by atoms with Gasteiger partial charge in [0.1, 0.15) is 17.6 Å². The van der Waals surface area contributed by atoms with E-state index in [2.05, 4.69) is 16.7 Å². The summed E-state index contributed by atoms with van der Waals surface area (Å²) in [4.78, 5) is 37.5. The Morgan fingerprint density at radius 3 is 2.66 bits per heavy atom. The zero-order valence-electron chi connectivity index (χ0n) is 19.2. The van der Waals surface area contributed by atoms with E-state index in [4.69, 9.17) is 0 Å². The quantitative estimate of drug-likeness (QED) is 0.530. The van der Waals surface area contributed by atoms with Gasteiger partial charge in [-0.15, -0.1) is 0 Å². The molecule has 2 N–H and O–H groups in total. The molecule has 174 valence electrons. The molecule has 6 nitrogen and oxygen atoms in total. The molecule has 0 bridgehead atoms. The number of hydrogen-bond donors (Lipinski definition) is 2. The van der Waals surface area contributed by atoms with Crippen LogP contribution >= 0.6 is 0 Å². The van der Waals surface area contributed by atoms with Crippen LogP contribution in [0.3, 0.4) is 0 Å². The highest BCUT2D eigenvalue weighted by molar-refractivity contribution is 5.89. The molecule has 3 atom stereocenters. The third-order valence-electron chi connectivity index (χ3n) is 5.88. The molecule has 0 aromatic heterocycles. The summed E-state index contributed by atoms with van der Waals surface area (Å²) in [6.07, 6.45) is 3.96. The molecule has 0 spiro atoms. The first-order valence-corrected chi connectivity index (χ1v) is 11.4. The van der Waals surface area contributed by atoms with Gasteiger partial charge in [-0.2, -0.15) is 5.26 Å². The number of hydrogen-bond acceptors (Lipinski definition) is 5. The van der Waals surface area contributed by atoms with Crippen molar-refractivity contribution in [2.75, 3.05) is 11.9 Å². The van der Waals surface area contributed by atoms with E-state index >= 15 is 0 Å². The van der Waals surface area contributed by atoms with Gasteiger partial charge in [0.2, 0.25) is 5.91 Å². The van der Waals surface area contributed by atoms with Crippen LogP contribution in [0.2, 0.25) is 0 Å². The Labute approximate surface area is 190 Å². The number of anilines is 1. The minimum Gasteiger partial charge on any atom is -0.376 e. The van der Waals surface area contributed by atoms with Crippen LogP contribution < -0.4 is 10.6 Å². The highest BCUT2D eigenvalue weighted by atomic mass is 19.1. The van der Waals surface area contributed by atoms with Crippen molar-refractivity contribution in [1.29, 1.82) is 5.26 Å². The minimum atomic E-state index is -0.751. The summed E-state index contributed by atoms with van der Waals surface area (Å²) in [5, 5.41) is 15.1. The summed E-state index contributed by atoms with van der Waals surface area (Å²) in [6, 6.07) is 6.07. The first-order valence-electron chi connectivity index (χ1n) is 11.4. The first kappa shape index (κ1) is 25.5. The Morgan fingerprint density at radius 2 is 2.03 bits per heavy atom. The van der Waals surface area contributed by atoms with Gasteiger partial charge in [0.05, 0.1) is 18.3 Å². The third kappa shape index (κ3) is 8.07. The molecule has 7 heteroatoms. The number of ketones is 2. The molecule has 0 heterocycles. The molecule has 1 aromatic rings. The number of halogens is 1. The number of nitrogens with one attached hydrogen (secondary N) is 2. The van der Waals surface area contributed by atoms with E-state index in [1.54, 1.807) is 19.1 Å². The molecule has 0 saturated heterocycles. The molecule has 2 rings (SSSR count). The normalized spacial score (nSPS) is 18.0. The number of Topliss-reactive ketones (excluding diaryl/α,β-unsaturated/α-hetero) is 2. The highest BCUT2D eigenvalue weighted by Crippen LogP contribution is 2.25. The fraction of sp³-hybridized carbons (Fsp3) is 0.600. The van der Waals surface area contributed by atoms with Crippen molar-refractivity contribution in [3.05, 3.63) is 29.6 Å². The topological polar surface area (TPSA) is 99.1 Å². The fourth-order valence-electron chi connectivity index (χ4n) is 4.18. The molecule has 1 aromatic carbocycles. The van der Waals surface area contributed by atoms with Gasteiger partial charge < -0.3 is 10.6 Å². The number of amides is 1. The van der Waals surface area contributed by atoms with Gasteiger partial charge in [-0.1, -0.05) is 26.3 Å². The minimum absolute atomic E-state index is 0.00496. The Bertz CT molecular complexity index is 862. The molecule has 1 saturated carbocycles. The Balaban J connectivity index is 1.94. The Morgan fingerprint density at radius 1 is 1.28 bits per heavy atom. The fourth-order valence-corrected chi connectivity index (χ4v) is 4.18. The van der Waals surface area contributed by atoms with Crippen molar-refractivity contribution in [2.45, 2.75) is 71.8 Å². The maximum Gasteiger partial charge on any atom is 0.224 e. The van der Waals surface area contributed by atoms with Crippen molar-refractivity contribution in [2.24, 2.45) is 17.8 Å². The van der Waals surface area contributed by atoms with Crippen molar-refractivity contribution in [3.8, 4) is 6.07 Å². The molecule has 1 amide bonds. The smallest absolute Gasteiger partial charge is 0.224 e. The molecule has 0 radical (unpaired) electrons. The van der Waals surface area contributed by atoms with E-state index in [9.17, 15) is 24.0 Å². The lowest BCUT2D eigenvalue weighted by Crippen LogP contribution is -2.41. The Hall–Kier alpha value is -2.75. The predicted molar refractivity (Wildman–Crippen MR) is 121 cm³/mol. The van der Waals surface area contributed by atoms with Gasteiger partial charge in [-0.05, 0) is 56.2 Å². The van der Waals surface area contributed by atoms with E-state index in [0.717, 1.165) is 24.8 Å². The van der Waals surface area contributed by atoms with Gasteiger partial charge in [0.15, 0.2) is 5.78 Å². The lowest BCUT2D eigenvalue weighted by Gasteiger charge is -2.24. The van der Waals surface area contributed by atoms with Crippen LogP contribution in [0.25, 0.3) is 0 Å². The number of rotatable bonds is 11. The van der Waals surface area contributed by atoms with Crippen molar-refractivity contribution in [1.82, 2.24) is 5.32 Å². The Kier molecular flexibility index (Phi) is 9.83. The standard InChI is InChI=1S/C25H34FN3O3/c1-16(2)10-19(13-21(30)15-28-23-9-8-17(3)11-22(23)26)25(32)29-20(14-27)12-18-6-4-5-7-24(18)31/h8-9,11,16,18-20,28H,4-7,10,12-13,15H2,1-3H3,(H,29,32)/t18-,19+,20-/m0/s1. The molecular weight excluding hydrogens is 409 g/mol. The number of nitrogens with zero attached hydrogens (tertiary/aromatic N) is 1. The van der Waals surface area contributed by atoms with Gasteiger partial charge in [-0.25, -0.2) is 4.39 Å². The summed E-state index contributed by atoms with van der Waals surface area (Å²) in [7, 11) is 0. The van der Waals surface area contributed by atoms with Crippen LogP contribution in [0.1, 0.15) is 64.4 Å². The molecule has 1 aliphatic rings. The number of nitriles is 1. The summed E-state index contributed by atoms with van der Waals surface area (Å²) in [5.41, 5.74) is 1.03. The lowest BCUT2D eigenvalue weighted by atomic mass is 9.83. The van der Waals surface area contributed by atoms with E-state index in [1.165, 1.54) is 6.07 Å². The summed E-state index contributed by atoms with van der Waals surface area (Å²) >= 11 is 0. The molecule has 1 fully saturated rings. The zero-order valence-corrected chi connectivity index (χ0v) is 19.2. The molecule has 0 aliphatic heterocycles. The average Bonchev–Trinajstić information content (AvgIpc) is 2.73. The van der Waals surface area contributed by atoms with Crippen molar-refractivity contribution in [3.63, 3.8) is 0 Å². The monoisotopic (exact) mass is 443 g/mol. The summed E-state index contributed by atoms with van der Waals surface area (Å²) in [5.74, 6) is -1.40. The molecule has 1 aliphatic carbocycles. The zero-order chi connectivity index (χ0) is 23.7. The van der Waals surface area contributed by atoms with E-state index in [1.807, 2.05) is 13.8 Å². The van der Waals surface area contributed by atoms with Crippen LogP contribution in [-0.2, 0) is 14.4 Å². The van der Waals surface area contributed by atoms with Crippen molar-refractivity contribution < 1.29 is 18.8 Å². The van der Waals surface area contributed by atoms with E-state index in [0.29, 0.717) is 19.3 Å². The predicted octanol–water partition coefficient (Wildman–Crippen LogP) is 4.33. The van der Waals surface area contributed by atoms with Gasteiger partial charge >= 0.3 is 0 Å². The molecular formula is C25H34FN3O3. The van der Waals surface area contributed by atoms with E-state index < -0.39 is 17.8 Å². The number of carbonyl (C=O) groups is 3. The van der Waals surface area contributed by atoms with E-state index in [-0.39, 0.29) is 48.0 Å². The highest BCUT2D eigenvalue weighted by Gasteiger charge is 2.29. The maximum atomic E-state index is 14.0. The van der Waals surface area contributed by atoms with Crippen LogP contribution in [0.5, 0.6) is 0 Å². The first-order chi connectivity index (χ1) is 15.2.